The van der Waals surface area contributed by atoms with Crippen LogP contribution in [0.25, 0.3) is 0 Å². The lowest BCUT2D eigenvalue weighted by Gasteiger charge is -2.35. The Morgan fingerprint density at radius 1 is 0.840 bits per heavy atom. The first-order chi connectivity index (χ1) is 11.2. The molecule has 6 heteroatoms. The minimum Gasteiger partial charge on any atom is -0.547 e. The highest BCUT2D eigenvalue weighted by Crippen LogP contribution is 2.45. The van der Waals surface area contributed by atoms with Crippen LogP contribution in [0.15, 0.2) is 11.8 Å². The molecule has 0 spiro atoms. The van der Waals surface area contributed by atoms with Gasteiger partial charge in [-0.2, -0.15) is 0 Å². The van der Waals surface area contributed by atoms with Crippen LogP contribution in [-0.2, 0) is 13.3 Å². The Hall–Kier alpha value is 0.111. The molecule has 0 N–H and O–H groups in total. The third kappa shape index (κ3) is 7.71. The summed E-state index contributed by atoms with van der Waals surface area (Å²) in [6, 6.07) is 0. The second-order valence-electron chi connectivity index (χ2n) is 10.3. The van der Waals surface area contributed by atoms with Gasteiger partial charge in [-0.25, -0.2) is 0 Å². The zero-order valence-electron chi connectivity index (χ0n) is 18.5. The lowest BCUT2D eigenvalue weighted by Crippen LogP contribution is -2.38. The van der Waals surface area contributed by atoms with Crippen molar-refractivity contribution in [3.63, 3.8) is 0 Å². The number of allylic oxidation sites excluding steroid dienone is 1. The van der Waals surface area contributed by atoms with Crippen molar-refractivity contribution in [2.24, 2.45) is 11.8 Å². The summed E-state index contributed by atoms with van der Waals surface area (Å²) in [6.07, 6.45) is 4.81. The van der Waals surface area contributed by atoms with Crippen molar-refractivity contribution in [1.82, 2.24) is 0 Å². The van der Waals surface area contributed by atoms with Gasteiger partial charge in [-0.15, -0.1) is 0 Å². The van der Waals surface area contributed by atoms with E-state index in [0.29, 0.717) is 17.9 Å². The molecule has 4 atom stereocenters. The lowest BCUT2D eigenvalue weighted by atomic mass is 9.89. The van der Waals surface area contributed by atoms with E-state index in [2.05, 4.69) is 78.8 Å². The zero-order chi connectivity index (χ0) is 19.6. The Labute approximate surface area is 159 Å². The van der Waals surface area contributed by atoms with Crippen LogP contribution in [0, 0.1) is 11.8 Å². The van der Waals surface area contributed by atoms with E-state index in [1.54, 1.807) is 0 Å². The van der Waals surface area contributed by atoms with Crippen LogP contribution in [-0.4, -0.2) is 37.2 Å². The first-order valence-corrected chi connectivity index (χ1v) is 20.1. The minimum absolute atomic E-state index is 0.223. The van der Waals surface area contributed by atoms with Gasteiger partial charge in [0.2, 0.25) is 8.32 Å². The minimum atomic E-state index is -1.65. The highest BCUT2D eigenvalue weighted by Gasteiger charge is 2.48. The van der Waals surface area contributed by atoms with Gasteiger partial charge in [-0.05, 0) is 78.2 Å². The summed E-state index contributed by atoms with van der Waals surface area (Å²) in [5.74, 6) is 1.96. The summed E-state index contributed by atoms with van der Waals surface area (Å²) in [7, 11) is -4.87. The van der Waals surface area contributed by atoms with E-state index >= 15 is 0 Å². The summed E-state index contributed by atoms with van der Waals surface area (Å²) in [6.45, 7) is 24.9. The van der Waals surface area contributed by atoms with Gasteiger partial charge in [0.25, 0.3) is 0 Å². The number of hydrogen-bond donors (Lipinski definition) is 0. The third-order valence-electron chi connectivity index (χ3n) is 4.32. The molecule has 1 saturated carbocycles. The second-order valence-corrected chi connectivity index (χ2v) is 23.6. The van der Waals surface area contributed by atoms with Gasteiger partial charge in [-0.1, -0.05) is 19.4 Å². The van der Waals surface area contributed by atoms with Crippen LogP contribution in [0.4, 0.5) is 0 Å². The van der Waals surface area contributed by atoms with E-state index in [1.807, 2.05) is 0 Å². The molecule has 1 fully saturated rings. The molecular weight excluding hydrogens is 360 g/mol. The van der Waals surface area contributed by atoms with Crippen LogP contribution >= 0.6 is 0 Å². The van der Waals surface area contributed by atoms with Crippen LogP contribution in [0.3, 0.4) is 0 Å². The molecule has 0 amide bonds. The van der Waals surface area contributed by atoms with Crippen LogP contribution in [0.2, 0.25) is 58.9 Å². The van der Waals surface area contributed by atoms with Crippen LogP contribution < -0.4 is 0 Å². The van der Waals surface area contributed by atoms with Crippen LogP contribution in [0.1, 0.15) is 26.7 Å². The van der Waals surface area contributed by atoms with E-state index in [9.17, 15) is 0 Å². The summed E-state index contributed by atoms with van der Waals surface area (Å²) in [5.41, 5.74) is 0. The molecule has 0 aromatic carbocycles. The van der Waals surface area contributed by atoms with Gasteiger partial charge in [-0.3, -0.25) is 0 Å². The van der Waals surface area contributed by atoms with Crippen molar-refractivity contribution in [3.8, 4) is 0 Å². The molecule has 1 aliphatic carbocycles. The Balaban J connectivity index is 3.18. The molecule has 0 radical (unpaired) electrons. The molecular formula is C19H42O3Si3. The van der Waals surface area contributed by atoms with Crippen molar-refractivity contribution in [2.75, 3.05) is 0 Å². The van der Waals surface area contributed by atoms with Crippen LogP contribution in [0.5, 0.6) is 0 Å². The maximum Gasteiger partial charge on any atom is 0.241 e. The lowest BCUT2D eigenvalue weighted by molar-refractivity contribution is 0.121. The Kier molecular flexibility index (Phi) is 7.80. The number of rotatable bonds is 8. The maximum atomic E-state index is 6.65. The predicted octanol–water partition coefficient (Wildman–Crippen LogP) is 6.23. The van der Waals surface area contributed by atoms with E-state index in [4.69, 9.17) is 13.3 Å². The van der Waals surface area contributed by atoms with Crippen molar-refractivity contribution in [1.29, 1.82) is 0 Å². The average molecular weight is 403 g/mol. The molecule has 0 heterocycles. The Morgan fingerprint density at radius 3 is 1.68 bits per heavy atom. The molecule has 3 nitrogen and oxygen atoms in total. The van der Waals surface area contributed by atoms with Gasteiger partial charge in [0.05, 0.1) is 18.0 Å². The van der Waals surface area contributed by atoms with Gasteiger partial charge in [0.1, 0.15) is 0 Å². The molecule has 148 valence electrons. The average Bonchev–Trinajstić information content (AvgIpc) is 2.67. The Morgan fingerprint density at radius 2 is 1.32 bits per heavy atom. The predicted molar refractivity (Wildman–Crippen MR) is 117 cm³/mol. The van der Waals surface area contributed by atoms with Crippen molar-refractivity contribution in [2.45, 2.75) is 97.8 Å². The fourth-order valence-corrected chi connectivity index (χ4v) is 7.10. The molecule has 0 aliphatic heterocycles. The molecule has 0 aromatic rings. The highest BCUT2D eigenvalue weighted by atomic mass is 28.4. The summed E-state index contributed by atoms with van der Waals surface area (Å²) in [5, 5.41) is 0. The standard InChI is InChI=1S/C19H42O3Si3/c1-12-15-17(21-24(6,7)8)14-18(22-25(9,10)11)19(15)16(13-2)20-23(3,4)5/h13,15,17-19H,12,14H2,1-11H3. The normalized spacial score (nSPS) is 29.2. The van der Waals surface area contributed by atoms with E-state index in [1.165, 1.54) is 0 Å². The SMILES string of the molecule is CC=C(O[Si](C)(C)C)C1C(O[Si](C)(C)C)CC(O[Si](C)(C)C)C1CC. The molecule has 0 aromatic heterocycles. The molecule has 0 saturated heterocycles. The molecule has 25 heavy (non-hydrogen) atoms. The monoisotopic (exact) mass is 402 g/mol. The van der Waals surface area contributed by atoms with Gasteiger partial charge in [0.15, 0.2) is 16.6 Å². The maximum absolute atomic E-state index is 6.65. The smallest absolute Gasteiger partial charge is 0.241 e. The number of hydrogen-bond acceptors (Lipinski definition) is 3. The Bertz CT molecular complexity index is 458. The van der Waals surface area contributed by atoms with Gasteiger partial charge >= 0.3 is 0 Å². The first-order valence-electron chi connectivity index (χ1n) is 9.87. The van der Waals surface area contributed by atoms with E-state index in [-0.39, 0.29) is 6.10 Å². The van der Waals surface area contributed by atoms with Crippen molar-refractivity contribution in [3.05, 3.63) is 11.8 Å². The fraction of sp³-hybridized carbons (Fsp3) is 0.895. The van der Waals surface area contributed by atoms with E-state index < -0.39 is 25.0 Å². The second kappa shape index (κ2) is 8.42. The zero-order valence-corrected chi connectivity index (χ0v) is 21.5. The quantitative estimate of drug-likeness (QED) is 0.356. The largest absolute Gasteiger partial charge is 0.547 e. The topological polar surface area (TPSA) is 27.7 Å². The third-order valence-corrected chi connectivity index (χ3v) is 7.19. The highest BCUT2D eigenvalue weighted by molar-refractivity contribution is 6.70. The first kappa shape index (κ1) is 23.2. The van der Waals surface area contributed by atoms with E-state index in [0.717, 1.165) is 18.6 Å². The fourth-order valence-electron chi connectivity index (χ4n) is 3.81. The summed E-state index contributed by atoms with van der Waals surface area (Å²) < 4.78 is 19.8. The molecule has 4 unspecified atom stereocenters. The molecule has 1 aliphatic rings. The summed E-state index contributed by atoms with van der Waals surface area (Å²) >= 11 is 0. The molecule has 1 rings (SSSR count). The van der Waals surface area contributed by atoms with Crippen molar-refractivity contribution >= 4 is 25.0 Å². The summed E-state index contributed by atoms with van der Waals surface area (Å²) in [4.78, 5) is 0. The van der Waals surface area contributed by atoms with Gasteiger partial charge < -0.3 is 13.3 Å². The van der Waals surface area contributed by atoms with Gasteiger partial charge in [0, 0.05) is 5.92 Å². The molecule has 0 bridgehead atoms. The van der Waals surface area contributed by atoms with Crippen molar-refractivity contribution < 1.29 is 13.3 Å².